The van der Waals surface area contributed by atoms with Crippen LogP contribution in [0.15, 0.2) is 61.1 Å². The molecule has 2 aromatic heterocycles. The Hall–Kier alpha value is -3.13. The predicted octanol–water partition coefficient (Wildman–Crippen LogP) is 5.22. The minimum Gasteiger partial charge on any atom is -0.457 e. The van der Waals surface area contributed by atoms with E-state index in [1.54, 1.807) is 24.4 Å². The highest BCUT2D eigenvalue weighted by atomic mass is 35.5. The normalized spacial score (nSPS) is 14.0. The molecule has 170 valence electrons. The zero-order chi connectivity index (χ0) is 21.9. The van der Waals surface area contributed by atoms with Gasteiger partial charge in [-0.15, -0.1) is 12.4 Å². The Morgan fingerprint density at radius 3 is 2.58 bits per heavy atom. The number of fused-ring (bicyclic) bond motifs is 1. The molecule has 0 unspecified atom stereocenters. The third-order valence-electron chi connectivity index (χ3n) is 5.56. The number of anilines is 1. The van der Waals surface area contributed by atoms with Gasteiger partial charge in [0.25, 0.3) is 0 Å². The van der Waals surface area contributed by atoms with Gasteiger partial charge in [0.2, 0.25) is 0 Å². The molecule has 1 fully saturated rings. The number of aromatic amines is 1. The number of piperidine rings is 1. The van der Waals surface area contributed by atoms with Crippen molar-refractivity contribution in [2.24, 2.45) is 0 Å². The molecule has 3 N–H and O–H groups in total. The van der Waals surface area contributed by atoms with Gasteiger partial charge in [-0.2, -0.15) is 0 Å². The number of ketones is 1. The molecule has 33 heavy (non-hydrogen) atoms. The Morgan fingerprint density at radius 2 is 1.82 bits per heavy atom. The fourth-order valence-electron chi connectivity index (χ4n) is 3.92. The molecule has 4 aromatic rings. The number of nitrogens with zero attached hydrogens (tertiary/aromatic N) is 2. The van der Waals surface area contributed by atoms with Crippen LogP contribution in [0.5, 0.6) is 11.5 Å². The third-order valence-corrected chi connectivity index (χ3v) is 5.87. The van der Waals surface area contributed by atoms with E-state index in [-0.39, 0.29) is 18.2 Å². The van der Waals surface area contributed by atoms with Crippen LogP contribution in [0.1, 0.15) is 28.8 Å². The number of ether oxygens (including phenoxy) is 1. The van der Waals surface area contributed by atoms with E-state index in [0.717, 1.165) is 25.9 Å². The molecule has 1 aliphatic heterocycles. The molecule has 0 amide bonds. The molecule has 0 saturated carbocycles. The average molecular weight is 484 g/mol. The minimum absolute atomic E-state index is 0. The van der Waals surface area contributed by atoms with E-state index in [1.165, 1.54) is 6.33 Å². The van der Waals surface area contributed by atoms with Gasteiger partial charge in [0.15, 0.2) is 5.78 Å². The summed E-state index contributed by atoms with van der Waals surface area (Å²) in [7, 11) is 0. The molecule has 5 rings (SSSR count). The topological polar surface area (TPSA) is 91.9 Å². The van der Waals surface area contributed by atoms with Crippen LogP contribution in [0.25, 0.3) is 11.0 Å². The standard InChI is InChI=1S/C24H22ClN5O2.ClH/c25-20-12-17(32-16-4-2-1-3-5-16)6-7-18(20)22(31)19-13-27-23-21(19)24(29-14-28-23)30-15-8-10-26-11-9-15;/h1-7,12-15,26H,8-11H2,(H2,27,28,29,30);1H. The fourth-order valence-corrected chi connectivity index (χ4v) is 4.18. The summed E-state index contributed by atoms with van der Waals surface area (Å²) in [4.78, 5) is 25.2. The lowest BCUT2D eigenvalue weighted by Crippen LogP contribution is -2.35. The second-order valence-corrected chi connectivity index (χ2v) is 8.11. The zero-order valence-corrected chi connectivity index (χ0v) is 19.2. The van der Waals surface area contributed by atoms with Gasteiger partial charge in [0.05, 0.1) is 16.0 Å². The lowest BCUT2D eigenvalue weighted by molar-refractivity contribution is 0.104. The first kappa shape index (κ1) is 23.0. The zero-order valence-electron chi connectivity index (χ0n) is 17.7. The summed E-state index contributed by atoms with van der Waals surface area (Å²) < 4.78 is 5.82. The van der Waals surface area contributed by atoms with E-state index in [0.29, 0.717) is 50.5 Å². The fraction of sp³-hybridized carbons (Fsp3) is 0.208. The van der Waals surface area contributed by atoms with Crippen molar-refractivity contribution < 1.29 is 9.53 Å². The van der Waals surface area contributed by atoms with Crippen molar-refractivity contribution in [2.45, 2.75) is 18.9 Å². The third kappa shape index (κ3) is 4.95. The average Bonchev–Trinajstić information content (AvgIpc) is 3.26. The molecule has 9 heteroatoms. The number of hydrogen-bond donors (Lipinski definition) is 3. The van der Waals surface area contributed by atoms with Gasteiger partial charge in [0.1, 0.15) is 29.3 Å². The van der Waals surface area contributed by atoms with Crippen molar-refractivity contribution in [3.8, 4) is 11.5 Å². The van der Waals surface area contributed by atoms with Crippen LogP contribution in [0.2, 0.25) is 5.02 Å². The lowest BCUT2D eigenvalue weighted by atomic mass is 10.0. The summed E-state index contributed by atoms with van der Waals surface area (Å²) in [6.07, 6.45) is 5.15. The second kappa shape index (κ2) is 10.2. The van der Waals surface area contributed by atoms with Crippen molar-refractivity contribution in [3.63, 3.8) is 0 Å². The highest BCUT2D eigenvalue weighted by Crippen LogP contribution is 2.31. The van der Waals surface area contributed by atoms with Crippen LogP contribution in [-0.2, 0) is 0 Å². The number of carbonyl (C=O) groups excluding carboxylic acids is 1. The summed E-state index contributed by atoms with van der Waals surface area (Å²) in [5.74, 6) is 1.72. The van der Waals surface area contributed by atoms with Gasteiger partial charge >= 0.3 is 0 Å². The molecule has 0 atom stereocenters. The summed E-state index contributed by atoms with van der Waals surface area (Å²) in [5, 5.41) is 7.84. The minimum atomic E-state index is -0.198. The Bertz CT molecular complexity index is 1260. The summed E-state index contributed by atoms with van der Waals surface area (Å²) in [6, 6.07) is 14.8. The molecule has 1 aliphatic rings. The summed E-state index contributed by atoms with van der Waals surface area (Å²) in [6.45, 7) is 1.91. The first-order chi connectivity index (χ1) is 15.7. The van der Waals surface area contributed by atoms with Crippen LogP contribution < -0.4 is 15.4 Å². The molecule has 3 heterocycles. The maximum atomic E-state index is 13.4. The molecule has 2 aromatic carbocycles. The highest BCUT2D eigenvalue weighted by molar-refractivity contribution is 6.35. The van der Waals surface area contributed by atoms with Crippen molar-refractivity contribution >= 4 is 46.6 Å². The molecule has 0 bridgehead atoms. The van der Waals surface area contributed by atoms with Gasteiger partial charge in [-0.3, -0.25) is 4.79 Å². The van der Waals surface area contributed by atoms with E-state index in [2.05, 4.69) is 25.6 Å². The van der Waals surface area contributed by atoms with E-state index in [4.69, 9.17) is 16.3 Å². The predicted molar refractivity (Wildman–Crippen MR) is 132 cm³/mol. The second-order valence-electron chi connectivity index (χ2n) is 7.70. The Labute approximate surface area is 202 Å². The Morgan fingerprint density at radius 1 is 1.03 bits per heavy atom. The van der Waals surface area contributed by atoms with Crippen LogP contribution in [0.3, 0.4) is 0 Å². The number of halogens is 2. The molecular weight excluding hydrogens is 461 g/mol. The monoisotopic (exact) mass is 483 g/mol. The van der Waals surface area contributed by atoms with Crippen LogP contribution in [0, 0.1) is 0 Å². The van der Waals surface area contributed by atoms with E-state index in [9.17, 15) is 4.79 Å². The number of aromatic nitrogens is 3. The molecule has 7 nitrogen and oxygen atoms in total. The van der Waals surface area contributed by atoms with E-state index in [1.807, 2.05) is 30.3 Å². The molecule has 1 saturated heterocycles. The van der Waals surface area contributed by atoms with Crippen LogP contribution in [0.4, 0.5) is 5.82 Å². The SMILES string of the molecule is Cl.O=C(c1ccc(Oc2ccccc2)cc1Cl)c1c[nH]c2ncnc(NC3CCNCC3)c12. The first-order valence-electron chi connectivity index (χ1n) is 10.6. The maximum Gasteiger partial charge on any atom is 0.196 e. The summed E-state index contributed by atoms with van der Waals surface area (Å²) in [5.41, 5.74) is 1.49. The number of nitrogens with one attached hydrogen (secondary N) is 3. The van der Waals surface area contributed by atoms with Gasteiger partial charge < -0.3 is 20.4 Å². The van der Waals surface area contributed by atoms with Crippen LogP contribution >= 0.6 is 24.0 Å². The van der Waals surface area contributed by atoms with Gasteiger partial charge in [-0.25, -0.2) is 9.97 Å². The van der Waals surface area contributed by atoms with Gasteiger partial charge in [-0.05, 0) is 50.2 Å². The number of H-pyrrole nitrogens is 1. The van der Waals surface area contributed by atoms with Crippen molar-refractivity contribution in [1.82, 2.24) is 20.3 Å². The largest absolute Gasteiger partial charge is 0.457 e. The molecule has 0 spiro atoms. The quantitative estimate of drug-likeness (QED) is 0.325. The summed E-state index contributed by atoms with van der Waals surface area (Å²) >= 11 is 6.49. The molecular formula is C24H23Cl2N5O2. The van der Waals surface area contributed by atoms with Crippen molar-refractivity contribution in [3.05, 3.63) is 77.2 Å². The number of para-hydroxylation sites is 1. The molecule has 0 radical (unpaired) electrons. The first-order valence-corrected chi connectivity index (χ1v) is 10.9. The highest BCUT2D eigenvalue weighted by Gasteiger charge is 2.22. The van der Waals surface area contributed by atoms with E-state index < -0.39 is 0 Å². The van der Waals surface area contributed by atoms with Crippen LogP contribution in [-0.4, -0.2) is 39.9 Å². The lowest BCUT2D eigenvalue weighted by Gasteiger charge is -2.24. The van der Waals surface area contributed by atoms with Crippen molar-refractivity contribution in [2.75, 3.05) is 18.4 Å². The van der Waals surface area contributed by atoms with E-state index >= 15 is 0 Å². The maximum absolute atomic E-state index is 13.4. The van der Waals surface area contributed by atoms with Gasteiger partial charge in [-0.1, -0.05) is 29.8 Å². The molecule has 0 aliphatic carbocycles. The number of hydrogen-bond acceptors (Lipinski definition) is 6. The Kier molecular flexibility index (Phi) is 7.13. The van der Waals surface area contributed by atoms with Crippen molar-refractivity contribution in [1.29, 1.82) is 0 Å². The van der Waals surface area contributed by atoms with Gasteiger partial charge in [0, 0.05) is 23.9 Å². The number of rotatable bonds is 6. The number of carbonyl (C=O) groups is 1. The number of benzene rings is 2. The smallest absolute Gasteiger partial charge is 0.196 e. The Balaban J connectivity index is 0.00000259.